The van der Waals surface area contributed by atoms with Crippen molar-refractivity contribution in [1.29, 1.82) is 0 Å². The van der Waals surface area contributed by atoms with Gasteiger partial charge in [-0.1, -0.05) is 0 Å². The highest BCUT2D eigenvalue weighted by atomic mass is 19.4. The minimum atomic E-state index is -8.61. The quantitative estimate of drug-likeness (QED) is 0.228. The molecule has 0 saturated carbocycles. The Morgan fingerprint density at radius 3 is 1.00 bits per heavy atom. The van der Waals surface area contributed by atoms with Gasteiger partial charge in [0.15, 0.2) is 5.76 Å². The predicted molar refractivity (Wildman–Crippen MR) is 83.6 cm³/mol. The molecular weight excluding hydrogens is 635 g/mol. The number of hydrogen-bond acceptors (Lipinski definition) is 2. The molecule has 40 heavy (non-hydrogen) atoms. The average Bonchev–Trinajstić information content (AvgIpc) is 2.71. The molecule has 23 heteroatoms. The molecule has 0 heterocycles. The zero-order valence-corrected chi connectivity index (χ0v) is 17.6. The van der Waals surface area contributed by atoms with Crippen LogP contribution in [0, 0.1) is 0 Å². The molecule has 1 rings (SSSR count). The lowest BCUT2D eigenvalue weighted by atomic mass is 9.87. The van der Waals surface area contributed by atoms with E-state index >= 15 is 0 Å². The Bertz CT molecular complexity index is 1050. The van der Waals surface area contributed by atoms with Crippen LogP contribution < -0.4 is 4.74 Å². The molecule has 0 radical (unpaired) electrons. The molecule has 232 valence electrons. The number of phenolic OH excluding ortho intramolecular Hbond substituents is 1. The van der Waals surface area contributed by atoms with E-state index in [-0.39, 0.29) is 24.3 Å². The van der Waals surface area contributed by atoms with Gasteiger partial charge in [0, 0.05) is 0 Å². The van der Waals surface area contributed by atoms with Gasteiger partial charge in [0.2, 0.25) is 0 Å². The second-order valence-corrected chi connectivity index (χ2v) is 7.24. The second-order valence-electron chi connectivity index (χ2n) is 7.24. The highest BCUT2D eigenvalue weighted by Gasteiger charge is 2.86. The van der Waals surface area contributed by atoms with Crippen molar-refractivity contribution in [3.05, 3.63) is 35.6 Å². The van der Waals surface area contributed by atoms with E-state index in [1.807, 2.05) is 0 Å². The molecule has 0 saturated heterocycles. The van der Waals surface area contributed by atoms with E-state index in [4.69, 9.17) is 5.11 Å². The molecule has 1 N–H and O–H groups in total. The number of benzene rings is 1. The summed E-state index contributed by atoms with van der Waals surface area (Å²) in [5.74, 6) is -58.9. The number of alkyl halides is 21. The van der Waals surface area contributed by atoms with Crippen molar-refractivity contribution in [3.8, 4) is 11.5 Å². The van der Waals surface area contributed by atoms with Crippen LogP contribution in [0.5, 0.6) is 11.5 Å². The minimum absolute atomic E-state index is 0.0393. The van der Waals surface area contributed by atoms with Gasteiger partial charge < -0.3 is 9.84 Å². The van der Waals surface area contributed by atoms with Crippen molar-refractivity contribution in [2.75, 3.05) is 0 Å². The van der Waals surface area contributed by atoms with E-state index in [2.05, 4.69) is 4.74 Å². The third kappa shape index (κ3) is 5.38. The second kappa shape index (κ2) is 9.58. The molecule has 1 aromatic rings. The monoisotopic (exact) mass is 640 g/mol. The Morgan fingerprint density at radius 2 is 0.725 bits per heavy atom. The summed E-state index contributed by atoms with van der Waals surface area (Å²) in [5.41, 5.74) is -5.95. The summed E-state index contributed by atoms with van der Waals surface area (Å²) < 4.78 is 284. The summed E-state index contributed by atoms with van der Waals surface area (Å²) in [7, 11) is 0. The van der Waals surface area contributed by atoms with Crippen molar-refractivity contribution in [1.82, 2.24) is 0 Å². The summed E-state index contributed by atoms with van der Waals surface area (Å²) >= 11 is 0. The molecule has 0 fully saturated rings. The van der Waals surface area contributed by atoms with Crippen LogP contribution in [0.2, 0.25) is 0 Å². The van der Waals surface area contributed by atoms with Gasteiger partial charge in [-0.05, 0) is 24.3 Å². The first-order valence-corrected chi connectivity index (χ1v) is 8.92. The smallest absolute Gasteiger partial charge is 0.460 e. The third-order valence-electron chi connectivity index (χ3n) is 4.45. The Labute approximate surface area is 204 Å². The van der Waals surface area contributed by atoms with Crippen molar-refractivity contribution >= 4 is 0 Å². The summed E-state index contributed by atoms with van der Waals surface area (Å²) in [6, 6.07) is -0.459. The average molecular weight is 640 g/mol. The van der Waals surface area contributed by atoms with E-state index in [9.17, 15) is 92.2 Å². The maximum absolute atomic E-state index is 14.4. The maximum Gasteiger partial charge on any atom is 0.460 e. The molecule has 0 amide bonds. The van der Waals surface area contributed by atoms with Crippen LogP contribution in [0.3, 0.4) is 0 Å². The first kappa shape index (κ1) is 35.1. The zero-order valence-electron chi connectivity index (χ0n) is 17.6. The van der Waals surface area contributed by atoms with Gasteiger partial charge in [0.1, 0.15) is 17.1 Å². The molecule has 0 unspecified atom stereocenters. The number of hydrogen-bond donors (Lipinski definition) is 1. The van der Waals surface area contributed by atoms with Crippen LogP contribution in [0.1, 0.15) is 0 Å². The van der Waals surface area contributed by atoms with Gasteiger partial charge in [0.05, 0.1) is 0 Å². The van der Waals surface area contributed by atoms with Crippen LogP contribution in [0.4, 0.5) is 92.2 Å². The highest BCUT2D eigenvalue weighted by molar-refractivity contribution is 5.40. The lowest BCUT2D eigenvalue weighted by molar-refractivity contribution is -0.375. The van der Waals surface area contributed by atoms with Crippen molar-refractivity contribution in [2.24, 2.45) is 0 Å². The zero-order chi connectivity index (χ0) is 32.3. The number of phenols is 1. The summed E-state index contributed by atoms with van der Waals surface area (Å²) in [5, 5.41) is 8.97. The Morgan fingerprint density at radius 1 is 0.450 bits per heavy atom. The first-order valence-electron chi connectivity index (χ1n) is 8.92. The maximum atomic E-state index is 14.4. The lowest BCUT2D eigenvalue weighted by Gasteiger charge is -2.39. The first-order chi connectivity index (χ1) is 17.2. The van der Waals surface area contributed by atoms with Gasteiger partial charge in [-0.25, -0.2) is 0 Å². The fraction of sp³-hybridized carbons (Fsp3) is 0.529. The predicted octanol–water partition coefficient (Wildman–Crippen LogP) is 8.52. The summed E-state index contributed by atoms with van der Waals surface area (Å²) in [4.78, 5) is 0. The summed E-state index contributed by atoms with van der Waals surface area (Å²) in [6.07, 6.45) is -24.0. The molecule has 0 bridgehead atoms. The van der Waals surface area contributed by atoms with Crippen molar-refractivity contribution in [3.63, 3.8) is 0 Å². The van der Waals surface area contributed by atoms with Gasteiger partial charge in [-0.2, -0.15) is 92.2 Å². The molecule has 0 spiro atoms. The van der Waals surface area contributed by atoms with E-state index in [0.717, 1.165) is 0 Å². The number of halogens is 21. The van der Waals surface area contributed by atoms with Gasteiger partial charge >= 0.3 is 54.1 Å². The van der Waals surface area contributed by atoms with Crippen LogP contribution in [0.15, 0.2) is 35.6 Å². The standard InChI is InChI=1S/C17H5F21O2/c18-9(19,12(24,25)15(30,31)32)7(10(20,21)13(26,27)16(33,34)35)8(40-6-3-1-5(39)2-4-6)11(22,23)14(28,29)17(36,37)38/h1-4,39H. The number of ether oxygens (including phenoxy) is 1. The van der Waals surface area contributed by atoms with Gasteiger partial charge in [-0.15, -0.1) is 0 Å². The molecule has 0 aliphatic rings. The van der Waals surface area contributed by atoms with E-state index in [1.165, 1.54) is 0 Å². The number of aromatic hydroxyl groups is 1. The van der Waals surface area contributed by atoms with Crippen LogP contribution in [-0.2, 0) is 0 Å². The van der Waals surface area contributed by atoms with Crippen molar-refractivity contribution in [2.45, 2.75) is 54.1 Å². The van der Waals surface area contributed by atoms with Crippen LogP contribution in [-0.4, -0.2) is 59.2 Å². The molecule has 0 atom stereocenters. The normalized spacial score (nSPS) is 15.2. The Balaban J connectivity index is 4.61. The Kier molecular flexibility index (Phi) is 8.41. The topological polar surface area (TPSA) is 29.5 Å². The van der Waals surface area contributed by atoms with Gasteiger partial charge in [-0.3, -0.25) is 0 Å². The minimum Gasteiger partial charge on any atom is -0.508 e. The lowest BCUT2D eigenvalue weighted by Crippen LogP contribution is -2.64. The molecule has 0 aliphatic carbocycles. The largest absolute Gasteiger partial charge is 0.508 e. The van der Waals surface area contributed by atoms with Crippen molar-refractivity contribution < 1.29 is 102 Å². The third-order valence-corrected chi connectivity index (χ3v) is 4.45. The van der Waals surface area contributed by atoms with Gasteiger partial charge in [0.25, 0.3) is 0 Å². The molecule has 1 aromatic carbocycles. The highest BCUT2D eigenvalue weighted by Crippen LogP contribution is 2.62. The SMILES string of the molecule is Oc1ccc(OC(=C(C(F)(F)C(F)(F)C(F)(F)F)C(F)(F)C(F)(F)C(F)(F)F)C(F)(F)C(F)(F)C(F)(F)F)cc1. The fourth-order valence-corrected chi connectivity index (χ4v) is 2.38. The van der Waals surface area contributed by atoms with E-state index in [0.29, 0.717) is 0 Å². The number of allylic oxidation sites excluding steroid dienone is 2. The fourth-order valence-electron chi connectivity index (χ4n) is 2.38. The van der Waals surface area contributed by atoms with Crippen LogP contribution in [0.25, 0.3) is 0 Å². The molecule has 0 aliphatic heterocycles. The van der Waals surface area contributed by atoms with E-state index < -0.39 is 76.9 Å². The van der Waals surface area contributed by atoms with Crippen LogP contribution >= 0.6 is 0 Å². The van der Waals surface area contributed by atoms with E-state index in [1.54, 1.807) is 0 Å². The Hall–Kier alpha value is -2.91. The number of rotatable bonds is 8. The molecule has 2 nitrogen and oxygen atoms in total. The molecular formula is C17H5F21O2. The summed E-state index contributed by atoms with van der Waals surface area (Å²) in [6.45, 7) is 0. The molecule has 0 aromatic heterocycles.